The first-order valence-electron chi connectivity index (χ1n) is 13.4. The van der Waals surface area contributed by atoms with Crippen molar-refractivity contribution in [2.24, 2.45) is 5.92 Å². The Balaban J connectivity index is 0.000000250. The summed E-state index contributed by atoms with van der Waals surface area (Å²) in [5, 5.41) is 41.0. The van der Waals surface area contributed by atoms with Crippen LogP contribution in [0.5, 0.6) is 0 Å². The zero-order chi connectivity index (χ0) is 30.7. The van der Waals surface area contributed by atoms with Gasteiger partial charge in [-0.3, -0.25) is 9.59 Å². The number of likely N-dealkylation sites (N-methyl/N-ethyl adjacent to an activating group) is 5. The predicted molar refractivity (Wildman–Crippen MR) is 147 cm³/mol. The van der Waals surface area contributed by atoms with E-state index in [2.05, 4.69) is 10.6 Å². The van der Waals surface area contributed by atoms with Crippen molar-refractivity contribution in [3.05, 3.63) is 0 Å². The number of nitrogens with zero attached hydrogens (tertiary/aromatic N) is 5. The van der Waals surface area contributed by atoms with Gasteiger partial charge in [0.15, 0.2) is 0 Å². The fourth-order valence-electron chi connectivity index (χ4n) is 4.26. The molecule has 6 unspecified atom stereocenters. The number of hydrogen-bond donors (Lipinski definition) is 6. The molecule has 6 atom stereocenters. The second-order valence-electron chi connectivity index (χ2n) is 10.9. The molecule has 15 heteroatoms. The molecule has 5 heterocycles. The molecule has 0 aromatic heterocycles. The van der Waals surface area contributed by atoms with Gasteiger partial charge in [0.1, 0.15) is 0 Å². The number of carbonyl (C=O) groups excluding carboxylic acids is 4. The van der Waals surface area contributed by atoms with Crippen LogP contribution in [0.3, 0.4) is 0 Å². The highest BCUT2D eigenvalue weighted by molar-refractivity contribution is 5.81. The monoisotopic (exact) mass is 575 g/mol. The van der Waals surface area contributed by atoms with Crippen molar-refractivity contribution in [3.8, 4) is 0 Å². The van der Waals surface area contributed by atoms with Crippen LogP contribution in [0.4, 0.5) is 9.59 Å². The molecule has 0 saturated carbocycles. The average Bonchev–Trinajstić information content (AvgIpc) is 3.61. The summed E-state index contributed by atoms with van der Waals surface area (Å²) in [6.07, 6.45) is -1.63. The minimum absolute atomic E-state index is 0.0394. The minimum Gasteiger partial charge on any atom is -0.391 e. The first-order chi connectivity index (χ1) is 18.5. The van der Waals surface area contributed by atoms with E-state index in [1.165, 1.54) is 4.90 Å². The topological polar surface area (TPSA) is 189 Å². The number of rotatable bonds is 0. The number of hydrogen-bond acceptors (Lipinski definition) is 9. The van der Waals surface area contributed by atoms with Gasteiger partial charge in [0.05, 0.1) is 36.8 Å². The summed E-state index contributed by atoms with van der Waals surface area (Å²) in [5.41, 5.74) is 0. The van der Waals surface area contributed by atoms with E-state index in [-0.39, 0.29) is 29.8 Å². The van der Waals surface area contributed by atoms with E-state index in [0.717, 1.165) is 19.6 Å². The molecular weight excluding hydrogens is 526 g/mol. The quantitative estimate of drug-likeness (QED) is 0.175. The molecule has 0 radical (unpaired) electrons. The van der Waals surface area contributed by atoms with E-state index < -0.39 is 24.4 Å². The highest BCUT2D eigenvalue weighted by Gasteiger charge is 2.33. The van der Waals surface area contributed by atoms with E-state index in [9.17, 15) is 19.2 Å². The second-order valence-corrected chi connectivity index (χ2v) is 10.9. The van der Waals surface area contributed by atoms with Gasteiger partial charge >= 0.3 is 12.1 Å². The van der Waals surface area contributed by atoms with Gasteiger partial charge in [-0.25, -0.2) is 9.59 Å². The molecule has 15 nitrogen and oxygen atoms in total. The maximum absolute atomic E-state index is 10.9. The van der Waals surface area contributed by atoms with Gasteiger partial charge in [-0.2, -0.15) is 0 Å². The Kier molecular flexibility index (Phi) is 14.6. The third-order valence-corrected chi connectivity index (χ3v) is 6.90. The molecule has 0 aromatic rings. The first-order valence-corrected chi connectivity index (χ1v) is 13.4. The predicted octanol–water partition coefficient (Wildman–Crippen LogP) is -3.01. The third kappa shape index (κ3) is 11.8. The number of nitrogens with one attached hydrogen (secondary N) is 2. The van der Waals surface area contributed by atoms with Gasteiger partial charge in [-0.15, -0.1) is 0 Å². The van der Waals surface area contributed by atoms with E-state index in [4.69, 9.17) is 20.4 Å². The smallest absolute Gasteiger partial charge is 0.317 e. The molecule has 5 aliphatic heterocycles. The van der Waals surface area contributed by atoms with Crippen LogP contribution in [0.25, 0.3) is 0 Å². The van der Waals surface area contributed by atoms with Crippen molar-refractivity contribution >= 4 is 23.9 Å². The zero-order valence-corrected chi connectivity index (χ0v) is 24.8. The summed E-state index contributed by atoms with van der Waals surface area (Å²) in [7, 11) is 8.84. The van der Waals surface area contributed by atoms with Crippen LogP contribution >= 0.6 is 0 Å². The molecular formula is C25H49N7O8. The lowest BCUT2D eigenvalue weighted by Gasteiger charge is -2.04. The molecule has 0 bridgehead atoms. The van der Waals surface area contributed by atoms with Gasteiger partial charge in [0, 0.05) is 80.0 Å². The summed E-state index contributed by atoms with van der Waals surface area (Å²) in [6, 6.07) is 0.407. The van der Waals surface area contributed by atoms with Crippen molar-refractivity contribution < 1.29 is 39.6 Å². The van der Waals surface area contributed by atoms with Crippen LogP contribution in [-0.4, -0.2) is 180 Å². The van der Waals surface area contributed by atoms with Crippen LogP contribution in [0.1, 0.15) is 20.3 Å². The average molecular weight is 576 g/mol. The SMILES string of the molecule is CC1C(=O)N(C)CC1O.CC1CN(C)C(=O)N1.CN1CC(O)C(O)C1.CN1CC(O)CC1=O.CN1CCNC1=O. The molecule has 5 rings (SSSR count). The molecule has 40 heavy (non-hydrogen) atoms. The molecule has 6 N–H and O–H groups in total. The molecule has 232 valence electrons. The minimum atomic E-state index is -0.528. The van der Waals surface area contributed by atoms with Crippen molar-refractivity contribution in [3.63, 3.8) is 0 Å². The Hall–Kier alpha value is -2.72. The highest BCUT2D eigenvalue weighted by Crippen LogP contribution is 2.15. The van der Waals surface area contributed by atoms with E-state index in [0.29, 0.717) is 38.6 Å². The van der Waals surface area contributed by atoms with Gasteiger partial charge in [-0.05, 0) is 14.0 Å². The van der Waals surface area contributed by atoms with Gasteiger partial charge in [0.25, 0.3) is 0 Å². The van der Waals surface area contributed by atoms with Crippen molar-refractivity contribution in [1.29, 1.82) is 0 Å². The second kappa shape index (κ2) is 16.5. The van der Waals surface area contributed by atoms with Gasteiger partial charge in [0.2, 0.25) is 11.8 Å². The molecule has 5 fully saturated rings. The maximum atomic E-state index is 10.9. The normalized spacial score (nSPS) is 31.4. The van der Waals surface area contributed by atoms with Crippen molar-refractivity contribution in [2.75, 3.05) is 81.1 Å². The van der Waals surface area contributed by atoms with Crippen LogP contribution in [0.15, 0.2) is 0 Å². The van der Waals surface area contributed by atoms with Crippen LogP contribution in [0.2, 0.25) is 0 Å². The summed E-state index contributed by atoms with van der Waals surface area (Å²) in [6.45, 7) is 8.39. The van der Waals surface area contributed by atoms with Gasteiger partial charge < -0.3 is 55.6 Å². The van der Waals surface area contributed by atoms with E-state index in [1.54, 1.807) is 49.8 Å². The Morgan fingerprint density at radius 1 is 0.675 bits per heavy atom. The molecule has 5 saturated heterocycles. The lowest BCUT2D eigenvalue weighted by molar-refractivity contribution is -0.130. The number of aliphatic hydroxyl groups excluding tert-OH is 4. The maximum Gasteiger partial charge on any atom is 0.317 e. The fourth-order valence-corrected chi connectivity index (χ4v) is 4.26. The Bertz CT molecular complexity index is 812. The largest absolute Gasteiger partial charge is 0.391 e. The zero-order valence-electron chi connectivity index (χ0n) is 24.8. The third-order valence-electron chi connectivity index (χ3n) is 6.90. The fraction of sp³-hybridized carbons (Fsp3) is 0.840. The molecule has 6 amide bonds. The van der Waals surface area contributed by atoms with Crippen molar-refractivity contribution in [2.45, 2.75) is 50.7 Å². The molecule has 0 spiro atoms. The Morgan fingerprint density at radius 2 is 1.25 bits per heavy atom. The summed E-state index contributed by atoms with van der Waals surface area (Å²) >= 11 is 0. The highest BCUT2D eigenvalue weighted by atomic mass is 16.3. The molecule has 0 aliphatic carbocycles. The number of likely N-dealkylation sites (tertiary alicyclic amines) is 3. The number of urea groups is 2. The lowest BCUT2D eigenvalue weighted by Crippen LogP contribution is -2.25. The summed E-state index contributed by atoms with van der Waals surface area (Å²) in [4.78, 5) is 50.7. The first kappa shape index (κ1) is 35.3. The van der Waals surface area contributed by atoms with Crippen LogP contribution in [-0.2, 0) is 9.59 Å². The van der Waals surface area contributed by atoms with E-state index in [1.807, 2.05) is 18.9 Å². The van der Waals surface area contributed by atoms with Crippen LogP contribution < -0.4 is 10.6 Å². The van der Waals surface area contributed by atoms with Gasteiger partial charge in [-0.1, -0.05) is 6.92 Å². The summed E-state index contributed by atoms with van der Waals surface area (Å²) < 4.78 is 0. The number of carbonyl (C=O) groups is 4. The molecule has 5 aliphatic rings. The van der Waals surface area contributed by atoms with Crippen molar-refractivity contribution in [1.82, 2.24) is 35.1 Å². The van der Waals surface area contributed by atoms with E-state index >= 15 is 0 Å². The number of aliphatic hydroxyl groups is 4. The standard InChI is InChI=1S/C6H11NO2.C5H10N2O.C5H11NO2.C5H9NO2.C4H8N2O/c1-4-5(8)3-7(2)6(4)9;1-4-3-7(2)5(8)6-4;1-6-2-4(7)5(8)3-6;1-6-3-4(7)2-5(6)8;1-6-3-2-5-4(6)7/h4-5,8H,3H2,1-2H3;4H,3H2,1-2H3,(H,6,8);4-5,7-8H,2-3H2,1H3;4,7H,2-3H2,1H3;2-3H2,1H3,(H,5,7). The Morgan fingerprint density at radius 3 is 1.38 bits per heavy atom. The summed E-state index contributed by atoms with van der Waals surface area (Å²) in [5.74, 6) is -0.116. The number of β-amino-alcohol motifs (C(OH)–C–C–N with tert-alkyl or cyclic N) is 4. The number of amides is 6. The lowest BCUT2D eigenvalue weighted by atomic mass is 10.1. The Labute approximate surface area is 236 Å². The van der Waals surface area contributed by atoms with Crippen LogP contribution in [0, 0.1) is 5.92 Å². The molecule has 0 aromatic carbocycles.